The Hall–Kier alpha value is -4.41. The molecule has 0 radical (unpaired) electrons. The van der Waals surface area contributed by atoms with Gasteiger partial charge in [-0.3, -0.25) is 14.4 Å². The summed E-state index contributed by atoms with van der Waals surface area (Å²) >= 11 is 0. The first-order valence-electron chi connectivity index (χ1n) is 14.1. The molecule has 4 atom stereocenters. The molecule has 42 heavy (non-hydrogen) atoms. The monoisotopic (exact) mass is 566 g/mol. The van der Waals surface area contributed by atoms with Gasteiger partial charge in [0.25, 0.3) is 5.91 Å². The van der Waals surface area contributed by atoms with Crippen LogP contribution >= 0.6 is 0 Å². The molecule has 0 aliphatic carbocycles. The summed E-state index contributed by atoms with van der Waals surface area (Å²) in [4.78, 5) is 40.4. The molecule has 1 saturated heterocycles. The van der Waals surface area contributed by atoms with Crippen LogP contribution in [-0.2, 0) is 31.3 Å². The molecule has 1 N–H and O–H groups in total. The minimum Gasteiger partial charge on any atom is -0.424 e. The zero-order chi connectivity index (χ0) is 29.2. The van der Waals surface area contributed by atoms with Gasteiger partial charge in [0.2, 0.25) is 5.91 Å². The number of nitrogens with zero attached hydrogens (tertiary/aromatic N) is 3. The lowest BCUT2D eigenvalue weighted by Crippen LogP contribution is -2.61. The van der Waals surface area contributed by atoms with Gasteiger partial charge in [0.05, 0.1) is 33.7 Å². The van der Waals surface area contributed by atoms with E-state index >= 15 is 0 Å². The van der Waals surface area contributed by atoms with Crippen LogP contribution in [-0.4, -0.2) is 58.1 Å². The number of carbonyl (C=O) groups is 3. The minimum atomic E-state index is -1.14. The Morgan fingerprint density at radius 2 is 1.81 bits per heavy atom. The molecule has 0 saturated carbocycles. The number of ether oxygens (including phenoxy) is 3. The number of aromatic nitrogens is 2. The summed E-state index contributed by atoms with van der Waals surface area (Å²) in [6.07, 6.45) is -0.592. The SMILES string of the molecule is CO[C@H]1[C@@H](N(C)C(C)=O)C[C@@H]2O[C@@]1(C)n1c3c(OC(C)=O)cccc3c3c4c(c5c6ccccc6n2c5c31)C(=O)NC4. The van der Waals surface area contributed by atoms with E-state index in [1.165, 1.54) is 6.92 Å². The summed E-state index contributed by atoms with van der Waals surface area (Å²) in [5.41, 5.74) is 3.79. The van der Waals surface area contributed by atoms with E-state index in [1.807, 2.05) is 37.3 Å². The zero-order valence-electron chi connectivity index (χ0n) is 24.0. The number of amides is 2. The van der Waals surface area contributed by atoms with Gasteiger partial charge < -0.3 is 33.6 Å². The molecular formula is C32H30N4O6. The van der Waals surface area contributed by atoms with Gasteiger partial charge >= 0.3 is 5.97 Å². The van der Waals surface area contributed by atoms with E-state index in [9.17, 15) is 14.4 Å². The summed E-state index contributed by atoms with van der Waals surface area (Å²) in [7, 11) is 3.43. The van der Waals surface area contributed by atoms with Crippen LogP contribution in [0.1, 0.15) is 49.3 Å². The van der Waals surface area contributed by atoms with Crippen molar-refractivity contribution >= 4 is 61.4 Å². The molecule has 8 rings (SSSR count). The van der Waals surface area contributed by atoms with E-state index in [0.29, 0.717) is 29.8 Å². The molecule has 2 amide bonds. The lowest BCUT2D eigenvalue weighted by Gasteiger charge is -2.50. The van der Waals surface area contributed by atoms with Crippen molar-refractivity contribution in [3.8, 4) is 5.75 Å². The molecule has 3 aliphatic heterocycles. The summed E-state index contributed by atoms with van der Waals surface area (Å²) in [6.45, 7) is 5.29. The fraction of sp³-hybridized carbons (Fsp3) is 0.344. The Labute approximate surface area is 240 Å². The second-order valence-corrected chi connectivity index (χ2v) is 11.7. The van der Waals surface area contributed by atoms with Gasteiger partial charge in [-0.25, -0.2) is 0 Å². The van der Waals surface area contributed by atoms with Gasteiger partial charge in [-0.1, -0.05) is 30.3 Å². The van der Waals surface area contributed by atoms with Crippen molar-refractivity contribution in [3.63, 3.8) is 0 Å². The lowest BCUT2D eigenvalue weighted by atomic mass is 9.91. The molecular weight excluding hydrogens is 536 g/mol. The van der Waals surface area contributed by atoms with E-state index in [0.717, 1.165) is 43.7 Å². The zero-order valence-corrected chi connectivity index (χ0v) is 24.0. The van der Waals surface area contributed by atoms with Crippen molar-refractivity contribution in [1.82, 2.24) is 19.4 Å². The highest BCUT2D eigenvalue weighted by atomic mass is 16.6. The molecule has 3 aliphatic rings. The number of fused-ring (bicyclic) bond motifs is 13. The second kappa shape index (κ2) is 8.33. The third-order valence-electron chi connectivity index (χ3n) is 9.52. The smallest absolute Gasteiger partial charge is 0.308 e. The van der Waals surface area contributed by atoms with Crippen LogP contribution in [0, 0.1) is 0 Å². The Morgan fingerprint density at radius 1 is 1.05 bits per heavy atom. The van der Waals surface area contributed by atoms with Crippen LogP contribution in [0.3, 0.4) is 0 Å². The van der Waals surface area contributed by atoms with Crippen molar-refractivity contribution < 1.29 is 28.6 Å². The molecule has 2 aromatic heterocycles. The third kappa shape index (κ3) is 2.93. The molecule has 10 nitrogen and oxygen atoms in total. The Kier molecular flexibility index (Phi) is 5.02. The van der Waals surface area contributed by atoms with E-state index < -0.39 is 24.0 Å². The Balaban J connectivity index is 1.66. The van der Waals surface area contributed by atoms with E-state index in [1.54, 1.807) is 32.0 Å². The maximum absolute atomic E-state index is 13.5. The van der Waals surface area contributed by atoms with Crippen LogP contribution in [0.4, 0.5) is 0 Å². The van der Waals surface area contributed by atoms with E-state index in [4.69, 9.17) is 14.2 Å². The standard InChI is InChI=1S/C32H30N4O6/c1-15(37)34(4)21-13-23-35-20-11-7-6-9-17(20)25-26-19(14-33-31(26)39)24-18-10-8-12-22(41-16(2)38)27(18)36(29(24)28(25)35)32(3,42-23)30(21)40-5/h6-12,21,23,30H,13-14H2,1-5H3,(H,33,39)/t21-,23-,30-,32+/m0/s1. The second-order valence-electron chi connectivity index (χ2n) is 11.7. The molecule has 2 bridgehead atoms. The van der Waals surface area contributed by atoms with Crippen molar-refractivity contribution in [1.29, 1.82) is 0 Å². The topological polar surface area (TPSA) is 104 Å². The normalized spacial score (nSPS) is 24.4. The highest BCUT2D eigenvalue weighted by Crippen LogP contribution is 2.55. The van der Waals surface area contributed by atoms with Gasteiger partial charge in [-0.15, -0.1) is 0 Å². The predicted octanol–water partition coefficient (Wildman–Crippen LogP) is 4.54. The largest absolute Gasteiger partial charge is 0.424 e. The number of esters is 1. The molecule has 1 fully saturated rings. The number of hydrogen-bond acceptors (Lipinski definition) is 6. The molecule has 0 unspecified atom stereocenters. The van der Waals surface area contributed by atoms with Crippen LogP contribution in [0.15, 0.2) is 42.5 Å². The van der Waals surface area contributed by atoms with Gasteiger partial charge in [0, 0.05) is 62.5 Å². The highest BCUT2D eigenvalue weighted by Gasteiger charge is 2.55. The van der Waals surface area contributed by atoms with Gasteiger partial charge in [-0.2, -0.15) is 0 Å². The average Bonchev–Trinajstić information content (AvgIpc) is 3.60. The summed E-state index contributed by atoms with van der Waals surface area (Å²) in [5.74, 6) is -0.253. The molecule has 0 spiro atoms. The van der Waals surface area contributed by atoms with Gasteiger partial charge in [0.1, 0.15) is 12.3 Å². The number of rotatable bonds is 3. The maximum Gasteiger partial charge on any atom is 0.308 e. The third-order valence-corrected chi connectivity index (χ3v) is 9.52. The number of benzene rings is 3. The predicted molar refractivity (Wildman–Crippen MR) is 156 cm³/mol. The number of likely N-dealkylation sites (N-methyl/N-ethyl adjacent to an activating group) is 1. The fourth-order valence-electron chi connectivity index (χ4n) is 7.91. The van der Waals surface area contributed by atoms with Crippen molar-refractivity contribution in [3.05, 3.63) is 53.6 Å². The molecule has 3 aromatic carbocycles. The van der Waals surface area contributed by atoms with E-state index in [2.05, 4.69) is 20.5 Å². The number of methoxy groups -OCH3 is 1. The lowest BCUT2D eigenvalue weighted by molar-refractivity contribution is -0.266. The average molecular weight is 567 g/mol. The molecule has 10 heteroatoms. The minimum absolute atomic E-state index is 0.0805. The summed E-state index contributed by atoms with van der Waals surface area (Å²) in [5, 5.41) is 6.65. The molecule has 5 heterocycles. The number of para-hydroxylation sites is 2. The van der Waals surface area contributed by atoms with Crippen molar-refractivity contribution in [2.75, 3.05) is 14.2 Å². The first-order valence-corrected chi connectivity index (χ1v) is 14.1. The van der Waals surface area contributed by atoms with Crippen LogP contribution in [0.2, 0.25) is 0 Å². The quantitative estimate of drug-likeness (QED) is 0.254. The Bertz CT molecular complexity index is 2060. The molecule has 214 valence electrons. The Morgan fingerprint density at radius 3 is 2.55 bits per heavy atom. The van der Waals surface area contributed by atoms with Gasteiger partial charge in [-0.05, 0) is 24.6 Å². The van der Waals surface area contributed by atoms with Gasteiger partial charge in [0.15, 0.2) is 11.5 Å². The van der Waals surface area contributed by atoms with E-state index in [-0.39, 0.29) is 17.9 Å². The van der Waals surface area contributed by atoms with Crippen LogP contribution in [0.25, 0.3) is 43.6 Å². The number of carbonyl (C=O) groups excluding carboxylic acids is 3. The molecule has 5 aromatic rings. The van der Waals surface area contributed by atoms with Crippen molar-refractivity contribution in [2.45, 2.75) is 57.8 Å². The van der Waals surface area contributed by atoms with Crippen molar-refractivity contribution in [2.24, 2.45) is 0 Å². The first-order chi connectivity index (χ1) is 20.2. The van der Waals surface area contributed by atoms with Crippen LogP contribution < -0.4 is 10.1 Å². The van der Waals surface area contributed by atoms with Crippen LogP contribution in [0.5, 0.6) is 5.75 Å². The number of nitrogens with one attached hydrogen (secondary N) is 1. The number of hydrogen-bond donors (Lipinski definition) is 1. The maximum atomic E-state index is 13.5. The fourth-order valence-corrected chi connectivity index (χ4v) is 7.91. The summed E-state index contributed by atoms with van der Waals surface area (Å²) < 4.78 is 23.5. The summed E-state index contributed by atoms with van der Waals surface area (Å²) in [6, 6.07) is 13.4. The highest BCUT2D eigenvalue weighted by molar-refractivity contribution is 6.31. The first kappa shape index (κ1) is 25.3.